The molecule has 2 heterocycles. The monoisotopic (exact) mass is 329 g/mol. The minimum Gasteiger partial charge on any atom is -0.300 e. The molecule has 0 unspecified atom stereocenters. The van der Waals surface area contributed by atoms with E-state index in [1.807, 2.05) is 18.2 Å². The highest BCUT2D eigenvalue weighted by Crippen LogP contribution is 2.33. The molecule has 2 atom stereocenters. The summed E-state index contributed by atoms with van der Waals surface area (Å²) < 4.78 is 1.29. The predicted molar refractivity (Wildman–Crippen MR) is 77.6 cm³/mol. The minimum atomic E-state index is 0.962. The van der Waals surface area contributed by atoms with E-state index in [2.05, 4.69) is 46.7 Å². The van der Waals surface area contributed by atoms with E-state index in [0.29, 0.717) is 0 Å². The molecule has 16 heavy (non-hydrogen) atoms. The first kappa shape index (κ1) is 12.4. The summed E-state index contributed by atoms with van der Waals surface area (Å²) in [6, 6.07) is 12.1. The first-order chi connectivity index (χ1) is 7.77. The lowest BCUT2D eigenvalue weighted by molar-refractivity contribution is 0.179. The van der Waals surface area contributed by atoms with Crippen molar-refractivity contribution in [3.05, 3.63) is 33.9 Å². The molecule has 0 aliphatic carbocycles. The lowest BCUT2D eigenvalue weighted by Crippen LogP contribution is -2.35. The molecule has 2 aliphatic heterocycles. The van der Waals surface area contributed by atoms with Crippen LogP contribution in [0.1, 0.15) is 32.1 Å². The zero-order valence-electron chi connectivity index (χ0n) is 9.90. The number of halogens is 1. The predicted octanol–water partition coefficient (Wildman–Crippen LogP) is 3.92. The smallest absolute Gasteiger partial charge is 0.0130 e. The Morgan fingerprint density at radius 3 is 1.94 bits per heavy atom. The fourth-order valence-electron chi connectivity index (χ4n) is 2.79. The van der Waals surface area contributed by atoms with Gasteiger partial charge >= 0.3 is 0 Å². The van der Waals surface area contributed by atoms with Crippen LogP contribution in [0.25, 0.3) is 0 Å². The zero-order valence-corrected chi connectivity index (χ0v) is 12.1. The van der Waals surface area contributed by atoms with Crippen molar-refractivity contribution in [2.75, 3.05) is 7.05 Å². The zero-order chi connectivity index (χ0) is 11.4. The van der Waals surface area contributed by atoms with E-state index in [9.17, 15) is 0 Å². The lowest BCUT2D eigenvalue weighted by atomic mass is 10.0. The Hall–Kier alpha value is -0.0900. The molecule has 0 amide bonds. The van der Waals surface area contributed by atoms with Gasteiger partial charge in [-0.2, -0.15) is 0 Å². The molecule has 2 heteroatoms. The molecule has 0 N–H and O–H groups in total. The Morgan fingerprint density at radius 1 is 1.00 bits per heavy atom. The number of hydrogen-bond donors (Lipinski definition) is 0. The maximum Gasteiger partial charge on any atom is 0.0130 e. The lowest BCUT2D eigenvalue weighted by Gasteiger charge is -2.30. The van der Waals surface area contributed by atoms with E-state index in [4.69, 9.17) is 0 Å². The van der Waals surface area contributed by atoms with Crippen molar-refractivity contribution >= 4 is 22.6 Å². The second-order valence-corrected chi connectivity index (χ2v) is 6.02. The fraction of sp³-hybridized carbons (Fsp3) is 0.571. The maximum absolute atomic E-state index is 2.59. The third-order valence-electron chi connectivity index (χ3n) is 3.79. The van der Waals surface area contributed by atoms with Crippen molar-refractivity contribution < 1.29 is 0 Å². The largest absolute Gasteiger partial charge is 0.300 e. The van der Waals surface area contributed by atoms with Gasteiger partial charge in [0.05, 0.1) is 0 Å². The fourth-order valence-corrected chi connectivity index (χ4v) is 3.21. The average molecular weight is 329 g/mol. The van der Waals surface area contributed by atoms with Crippen LogP contribution in [0.4, 0.5) is 0 Å². The van der Waals surface area contributed by atoms with Crippen LogP contribution in [0.15, 0.2) is 30.3 Å². The Morgan fingerprint density at radius 2 is 1.56 bits per heavy atom. The summed E-state index contributed by atoms with van der Waals surface area (Å²) in [5, 5.41) is 0. The first-order valence-corrected chi connectivity index (χ1v) is 7.28. The summed E-state index contributed by atoms with van der Waals surface area (Å²) >= 11 is 2.28. The van der Waals surface area contributed by atoms with Gasteiger partial charge in [-0.3, -0.25) is 0 Å². The molecule has 2 fully saturated rings. The molecule has 2 saturated heterocycles. The molecule has 1 nitrogen and oxygen atoms in total. The normalized spacial score (nSPS) is 28.4. The van der Waals surface area contributed by atoms with Crippen molar-refractivity contribution in [3.63, 3.8) is 0 Å². The molecule has 3 rings (SSSR count). The summed E-state index contributed by atoms with van der Waals surface area (Å²) in [7, 11) is 2.29. The van der Waals surface area contributed by atoms with E-state index < -0.39 is 0 Å². The third kappa shape index (κ3) is 3.20. The standard InChI is InChI=1S/C8H15N.C6H5I/c1-9-7-3-2-4-8(9)6-5-7;7-6-4-2-1-3-5-6/h7-8H,2-6H2,1H3;1-5H/t7-,8+;. The number of nitrogens with zero attached hydrogens (tertiary/aromatic N) is 1. The van der Waals surface area contributed by atoms with Gasteiger partial charge < -0.3 is 4.90 Å². The van der Waals surface area contributed by atoms with Gasteiger partial charge in [0.2, 0.25) is 0 Å². The summed E-state index contributed by atoms with van der Waals surface area (Å²) in [6.45, 7) is 0. The maximum atomic E-state index is 2.59. The Labute approximate surface area is 112 Å². The Kier molecular flexibility index (Phi) is 4.65. The van der Waals surface area contributed by atoms with Crippen LogP contribution in [0, 0.1) is 3.57 Å². The molecule has 1 aromatic carbocycles. The number of benzene rings is 1. The topological polar surface area (TPSA) is 3.24 Å². The third-order valence-corrected chi connectivity index (χ3v) is 4.51. The molecule has 2 aliphatic rings. The number of piperidine rings is 1. The van der Waals surface area contributed by atoms with Crippen LogP contribution in [0.5, 0.6) is 0 Å². The SMILES string of the molecule is CN1[C@@H]2CCC[C@H]1CC2.Ic1ccccc1. The van der Waals surface area contributed by atoms with Gasteiger partial charge in [-0.05, 0) is 67.5 Å². The molecule has 0 saturated carbocycles. The molecular formula is C14H20IN. The van der Waals surface area contributed by atoms with Gasteiger partial charge in [-0.1, -0.05) is 24.6 Å². The van der Waals surface area contributed by atoms with Crippen molar-refractivity contribution in [2.45, 2.75) is 44.2 Å². The first-order valence-electron chi connectivity index (χ1n) is 6.20. The number of rotatable bonds is 0. The highest BCUT2D eigenvalue weighted by atomic mass is 127. The van der Waals surface area contributed by atoms with Gasteiger partial charge in [-0.25, -0.2) is 0 Å². The van der Waals surface area contributed by atoms with Crippen molar-refractivity contribution in [2.24, 2.45) is 0 Å². The summed E-state index contributed by atoms with van der Waals surface area (Å²) in [4.78, 5) is 2.59. The highest BCUT2D eigenvalue weighted by Gasteiger charge is 2.33. The molecular weight excluding hydrogens is 309 g/mol. The van der Waals surface area contributed by atoms with Gasteiger partial charge in [-0.15, -0.1) is 0 Å². The van der Waals surface area contributed by atoms with Crippen molar-refractivity contribution in [1.82, 2.24) is 4.90 Å². The van der Waals surface area contributed by atoms with Gasteiger partial charge in [0.1, 0.15) is 0 Å². The van der Waals surface area contributed by atoms with Crippen LogP contribution in [0.2, 0.25) is 0 Å². The average Bonchev–Trinajstić information content (AvgIpc) is 2.55. The second-order valence-electron chi connectivity index (χ2n) is 4.78. The Bertz CT molecular complexity index is 296. The minimum absolute atomic E-state index is 0.962. The van der Waals surface area contributed by atoms with E-state index in [-0.39, 0.29) is 0 Å². The van der Waals surface area contributed by atoms with Crippen LogP contribution in [0.3, 0.4) is 0 Å². The van der Waals surface area contributed by atoms with Gasteiger partial charge in [0.25, 0.3) is 0 Å². The van der Waals surface area contributed by atoms with Gasteiger partial charge in [0, 0.05) is 15.7 Å². The Balaban J connectivity index is 0.000000125. The molecule has 0 aromatic heterocycles. The van der Waals surface area contributed by atoms with Gasteiger partial charge in [0.15, 0.2) is 0 Å². The van der Waals surface area contributed by atoms with E-state index >= 15 is 0 Å². The molecule has 1 aromatic rings. The van der Waals surface area contributed by atoms with Crippen molar-refractivity contribution in [3.8, 4) is 0 Å². The highest BCUT2D eigenvalue weighted by molar-refractivity contribution is 14.1. The van der Waals surface area contributed by atoms with E-state index in [0.717, 1.165) is 12.1 Å². The number of fused-ring (bicyclic) bond motifs is 2. The summed E-state index contributed by atoms with van der Waals surface area (Å²) in [5.74, 6) is 0. The van der Waals surface area contributed by atoms with Crippen LogP contribution in [-0.4, -0.2) is 24.0 Å². The molecule has 2 bridgehead atoms. The van der Waals surface area contributed by atoms with E-state index in [1.54, 1.807) is 0 Å². The second kappa shape index (κ2) is 6.01. The van der Waals surface area contributed by atoms with Crippen molar-refractivity contribution in [1.29, 1.82) is 0 Å². The van der Waals surface area contributed by atoms with E-state index in [1.165, 1.54) is 35.7 Å². The molecule has 0 radical (unpaired) electrons. The van der Waals surface area contributed by atoms with Crippen LogP contribution < -0.4 is 0 Å². The van der Waals surface area contributed by atoms with Crippen LogP contribution in [-0.2, 0) is 0 Å². The number of hydrogen-bond acceptors (Lipinski definition) is 1. The summed E-state index contributed by atoms with van der Waals surface area (Å²) in [6.07, 6.45) is 7.36. The molecule has 88 valence electrons. The summed E-state index contributed by atoms with van der Waals surface area (Å²) in [5.41, 5.74) is 0. The molecule has 0 spiro atoms. The van der Waals surface area contributed by atoms with Crippen LogP contribution >= 0.6 is 22.6 Å². The quantitative estimate of drug-likeness (QED) is 0.652.